The second-order valence-electron chi connectivity index (χ2n) is 4.18. The predicted molar refractivity (Wildman–Crippen MR) is 68.5 cm³/mol. The summed E-state index contributed by atoms with van der Waals surface area (Å²) in [6.45, 7) is 2.42. The van der Waals surface area contributed by atoms with Crippen LogP contribution in [0.15, 0.2) is 27.6 Å². The number of halogens is 1. The van der Waals surface area contributed by atoms with Gasteiger partial charge in [0.15, 0.2) is 9.84 Å². The summed E-state index contributed by atoms with van der Waals surface area (Å²) in [5.74, 6) is 0. The van der Waals surface area contributed by atoms with Crippen LogP contribution in [0.2, 0.25) is 0 Å². The Morgan fingerprint density at radius 2 is 2.12 bits per heavy atom. The van der Waals surface area contributed by atoms with Crippen molar-refractivity contribution < 1.29 is 13.2 Å². The lowest BCUT2D eigenvalue weighted by molar-refractivity contribution is 0.0416. The highest BCUT2D eigenvalue weighted by Gasteiger charge is 2.35. The zero-order valence-electron chi connectivity index (χ0n) is 9.39. The molecule has 1 aromatic rings. The van der Waals surface area contributed by atoms with Gasteiger partial charge >= 0.3 is 0 Å². The average molecular weight is 320 g/mol. The quantitative estimate of drug-likeness (QED) is 0.919. The topological polar surface area (TPSA) is 69.4 Å². The Hall–Kier alpha value is -0.430. The van der Waals surface area contributed by atoms with E-state index in [-0.39, 0.29) is 19.3 Å². The van der Waals surface area contributed by atoms with Crippen LogP contribution in [0.25, 0.3) is 0 Å². The molecule has 1 aliphatic heterocycles. The monoisotopic (exact) mass is 319 g/mol. The van der Waals surface area contributed by atoms with Crippen LogP contribution >= 0.6 is 15.9 Å². The molecule has 1 fully saturated rings. The first-order valence-corrected chi connectivity index (χ1v) is 7.63. The molecule has 17 heavy (non-hydrogen) atoms. The van der Waals surface area contributed by atoms with Crippen LogP contribution in [0.5, 0.6) is 0 Å². The average Bonchev–Trinajstić information content (AvgIpc) is 2.13. The number of nitrogens with two attached hydrogens (primary N) is 1. The van der Waals surface area contributed by atoms with Crippen LogP contribution in [-0.4, -0.2) is 26.9 Å². The smallest absolute Gasteiger partial charge is 0.186 e. The molecular formula is C11H14BrNO3S. The van der Waals surface area contributed by atoms with Crippen molar-refractivity contribution in [1.82, 2.24) is 0 Å². The van der Waals surface area contributed by atoms with Crippen LogP contribution in [0.1, 0.15) is 18.5 Å². The maximum atomic E-state index is 12.2. The van der Waals surface area contributed by atoms with Gasteiger partial charge in [-0.2, -0.15) is 0 Å². The summed E-state index contributed by atoms with van der Waals surface area (Å²) >= 11 is 3.30. The highest BCUT2D eigenvalue weighted by molar-refractivity contribution is 9.10. The van der Waals surface area contributed by atoms with Crippen molar-refractivity contribution >= 4 is 25.8 Å². The number of rotatable bonds is 3. The molecule has 6 heteroatoms. The van der Waals surface area contributed by atoms with Crippen molar-refractivity contribution in [2.45, 2.75) is 23.1 Å². The van der Waals surface area contributed by atoms with Gasteiger partial charge in [0.2, 0.25) is 0 Å². The third-order valence-electron chi connectivity index (χ3n) is 2.83. The summed E-state index contributed by atoms with van der Waals surface area (Å²) in [7, 11) is -3.29. The van der Waals surface area contributed by atoms with Crippen LogP contribution in [-0.2, 0) is 14.6 Å². The van der Waals surface area contributed by atoms with Crippen molar-refractivity contribution in [2.75, 3.05) is 13.2 Å². The van der Waals surface area contributed by atoms with Crippen LogP contribution in [0.3, 0.4) is 0 Å². The largest absolute Gasteiger partial charge is 0.379 e. The first kappa shape index (κ1) is 13.0. The van der Waals surface area contributed by atoms with E-state index in [0.29, 0.717) is 9.37 Å². The van der Waals surface area contributed by atoms with Crippen molar-refractivity contribution in [3.05, 3.63) is 28.2 Å². The third kappa shape index (κ3) is 2.40. The van der Waals surface area contributed by atoms with E-state index in [1.54, 1.807) is 18.2 Å². The molecular weight excluding hydrogens is 306 g/mol. The number of hydrogen-bond acceptors (Lipinski definition) is 4. The van der Waals surface area contributed by atoms with E-state index >= 15 is 0 Å². The molecule has 2 N–H and O–H groups in total. The molecule has 4 nitrogen and oxygen atoms in total. The number of benzene rings is 1. The molecule has 1 atom stereocenters. The molecule has 1 heterocycles. The Bertz CT molecular complexity index is 524. The van der Waals surface area contributed by atoms with Crippen molar-refractivity contribution in [2.24, 2.45) is 5.73 Å². The van der Waals surface area contributed by atoms with E-state index in [4.69, 9.17) is 10.5 Å². The number of sulfone groups is 1. The highest BCUT2D eigenvalue weighted by atomic mass is 79.9. The van der Waals surface area contributed by atoms with Crippen LogP contribution in [0, 0.1) is 0 Å². The molecule has 1 saturated heterocycles. The Morgan fingerprint density at radius 3 is 2.53 bits per heavy atom. The third-order valence-corrected chi connectivity index (χ3v) is 5.87. The number of ether oxygens (including phenoxy) is 1. The van der Waals surface area contributed by atoms with E-state index in [9.17, 15) is 8.42 Å². The molecule has 94 valence electrons. The molecule has 0 aromatic heterocycles. The summed E-state index contributed by atoms with van der Waals surface area (Å²) in [5.41, 5.74) is 6.65. The van der Waals surface area contributed by atoms with Gasteiger partial charge in [-0.3, -0.25) is 0 Å². The molecule has 0 amide bonds. The zero-order chi connectivity index (χ0) is 12.6. The fourth-order valence-corrected chi connectivity index (χ4v) is 4.18. The first-order valence-electron chi connectivity index (χ1n) is 5.29. The second-order valence-corrected chi connectivity index (χ2v) is 7.23. The van der Waals surface area contributed by atoms with Gasteiger partial charge in [-0.25, -0.2) is 8.42 Å². The van der Waals surface area contributed by atoms with Crippen molar-refractivity contribution in [3.8, 4) is 0 Å². The molecule has 2 rings (SSSR count). The molecule has 1 aliphatic rings. The van der Waals surface area contributed by atoms with Gasteiger partial charge in [-0.05, 0) is 40.5 Å². The molecule has 0 bridgehead atoms. The molecule has 0 saturated carbocycles. The maximum absolute atomic E-state index is 12.2. The van der Waals surface area contributed by atoms with Crippen molar-refractivity contribution in [1.29, 1.82) is 0 Å². The summed E-state index contributed by atoms with van der Waals surface area (Å²) < 4.78 is 29.8. The lowest BCUT2D eigenvalue weighted by atomic mass is 10.1. The van der Waals surface area contributed by atoms with Crippen LogP contribution < -0.4 is 5.73 Å². The lowest BCUT2D eigenvalue weighted by Gasteiger charge is -2.26. The Kier molecular flexibility index (Phi) is 3.58. The molecule has 0 aliphatic carbocycles. The fraction of sp³-hybridized carbons (Fsp3) is 0.455. The van der Waals surface area contributed by atoms with Gasteiger partial charge in [-0.1, -0.05) is 6.07 Å². The van der Waals surface area contributed by atoms with Crippen molar-refractivity contribution in [3.63, 3.8) is 0 Å². The predicted octanol–water partition coefficient (Wildman–Crippen LogP) is 1.64. The standard InChI is InChI=1S/C11H14BrNO3S/c1-7(13)8-2-3-11(10(12)4-8)17(14,15)9-5-16-6-9/h2-4,7,9H,5-6,13H2,1H3. The summed E-state index contributed by atoms with van der Waals surface area (Å²) in [4.78, 5) is 0.315. The first-order chi connectivity index (χ1) is 7.93. The molecule has 1 aromatic carbocycles. The van der Waals surface area contributed by atoms with E-state index in [1.165, 1.54) is 0 Å². The van der Waals surface area contributed by atoms with Gasteiger partial charge < -0.3 is 10.5 Å². The zero-order valence-corrected chi connectivity index (χ0v) is 11.8. The minimum absolute atomic E-state index is 0.116. The molecule has 0 spiro atoms. The van der Waals surface area contributed by atoms with E-state index in [0.717, 1.165) is 5.56 Å². The van der Waals surface area contributed by atoms with E-state index in [1.807, 2.05) is 6.92 Å². The SMILES string of the molecule is CC(N)c1ccc(S(=O)(=O)C2COC2)c(Br)c1. The molecule has 1 unspecified atom stereocenters. The van der Waals surface area contributed by atoms with E-state index < -0.39 is 15.1 Å². The van der Waals surface area contributed by atoms with Gasteiger partial charge in [0.05, 0.1) is 18.1 Å². The minimum Gasteiger partial charge on any atom is -0.379 e. The minimum atomic E-state index is -3.29. The summed E-state index contributed by atoms with van der Waals surface area (Å²) in [5, 5.41) is -0.417. The van der Waals surface area contributed by atoms with E-state index in [2.05, 4.69) is 15.9 Å². The van der Waals surface area contributed by atoms with Gasteiger partial charge in [0.25, 0.3) is 0 Å². The Labute approximate surface area is 109 Å². The fourth-order valence-electron chi connectivity index (χ4n) is 1.60. The number of hydrogen-bond donors (Lipinski definition) is 1. The van der Waals surface area contributed by atoms with Gasteiger partial charge in [-0.15, -0.1) is 0 Å². The maximum Gasteiger partial charge on any atom is 0.186 e. The van der Waals surface area contributed by atoms with Crippen LogP contribution in [0.4, 0.5) is 0 Å². The molecule has 0 radical (unpaired) electrons. The van der Waals surface area contributed by atoms with Gasteiger partial charge in [0.1, 0.15) is 5.25 Å². The Balaban J connectivity index is 2.39. The Morgan fingerprint density at radius 1 is 1.47 bits per heavy atom. The van der Waals surface area contributed by atoms with Gasteiger partial charge in [0, 0.05) is 10.5 Å². The highest BCUT2D eigenvalue weighted by Crippen LogP contribution is 2.30. The second kappa shape index (κ2) is 4.68. The summed E-state index contributed by atoms with van der Waals surface area (Å²) in [6, 6.07) is 5.00. The lowest BCUT2D eigenvalue weighted by Crippen LogP contribution is -2.40. The summed E-state index contributed by atoms with van der Waals surface area (Å²) in [6.07, 6.45) is 0. The normalized spacial score (nSPS) is 18.8.